The largest absolute Gasteiger partial charge is 0.481 e. The molecular formula is C35H55NO6. The van der Waals surface area contributed by atoms with Crippen molar-refractivity contribution >= 4 is 23.9 Å². The third-order valence-corrected chi connectivity index (χ3v) is 13.1. The second-order valence-corrected chi connectivity index (χ2v) is 16.5. The van der Waals surface area contributed by atoms with Crippen molar-refractivity contribution in [3.8, 4) is 0 Å². The molecule has 7 nitrogen and oxygen atoms in total. The zero-order chi connectivity index (χ0) is 31.5. The zero-order valence-electron chi connectivity index (χ0n) is 27.2. The Bertz CT molecular complexity index is 1140. The second kappa shape index (κ2) is 11.2. The summed E-state index contributed by atoms with van der Waals surface area (Å²) in [6, 6.07) is 0.0141. The van der Waals surface area contributed by atoms with E-state index in [2.05, 4.69) is 39.9 Å². The van der Waals surface area contributed by atoms with Crippen LogP contribution in [0, 0.1) is 56.7 Å². The molecule has 1 amide bonds. The van der Waals surface area contributed by atoms with Crippen LogP contribution in [0.1, 0.15) is 113 Å². The summed E-state index contributed by atoms with van der Waals surface area (Å²) >= 11 is 0. The van der Waals surface area contributed by atoms with Crippen LogP contribution in [0.25, 0.3) is 0 Å². The van der Waals surface area contributed by atoms with Gasteiger partial charge in [-0.3, -0.25) is 14.4 Å². The monoisotopic (exact) mass is 585 g/mol. The fourth-order valence-corrected chi connectivity index (χ4v) is 10.9. The van der Waals surface area contributed by atoms with Crippen LogP contribution in [0.4, 0.5) is 0 Å². The minimum atomic E-state index is -0.690. The van der Waals surface area contributed by atoms with Crippen LogP contribution in [-0.2, 0) is 19.2 Å². The molecule has 0 bridgehead atoms. The van der Waals surface area contributed by atoms with E-state index in [-0.39, 0.29) is 63.6 Å². The summed E-state index contributed by atoms with van der Waals surface area (Å²) in [5, 5.41) is 20.1. The van der Waals surface area contributed by atoms with Gasteiger partial charge >= 0.3 is 5.97 Å². The second-order valence-electron chi connectivity index (χ2n) is 16.5. The Hall–Kier alpha value is -2.02. The van der Waals surface area contributed by atoms with Crippen molar-refractivity contribution in [3.05, 3.63) is 11.6 Å². The van der Waals surface area contributed by atoms with Crippen molar-refractivity contribution in [2.45, 2.75) is 119 Å². The third-order valence-electron chi connectivity index (χ3n) is 13.1. The highest BCUT2D eigenvalue weighted by Crippen LogP contribution is 2.70. The van der Waals surface area contributed by atoms with Gasteiger partial charge in [-0.1, -0.05) is 54.0 Å². The topological polar surface area (TPSA) is 121 Å². The Labute approximate surface area is 252 Å². The number of aliphatic hydroxyl groups is 1. The first kappa shape index (κ1) is 32.9. The quantitative estimate of drug-likeness (QED) is 0.341. The number of hydrogen-bond acceptors (Lipinski definition) is 5. The van der Waals surface area contributed by atoms with Gasteiger partial charge in [0.2, 0.25) is 5.91 Å². The molecule has 0 aromatic rings. The molecule has 0 aromatic carbocycles. The number of aliphatic hydroxyl groups excluding tert-OH is 1. The molecule has 0 saturated heterocycles. The summed E-state index contributed by atoms with van der Waals surface area (Å²) in [5.74, 6) is -0.0432. The summed E-state index contributed by atoms with van der Waals surface area (Å²) in [6.45, 7) is 15.2. The predicted molar refractivity (Wildman–Crippen MR) is 162 cm³/mol. The Morgan fingerprint density at radius 3 is 2.19 bits per heavy atom. The van der Waals surface area contributed by atoms with Gasteiger partial charge in [0.25, 0.3) is 0 Å². The Balaban J connectivity index is 0.00000198. The number of amides is 1. The highest BCUT2D eigenvalue weighted by molar-refractivity contribution is 5.95. The number of rotatable bonds is 5. The highest BCUT2D eigenvalue weighted by atomic mass is 16.4. The lowest BCUT2D eigenvalue weighted by Gasteiger charge is -2.67. The van der Waals surface area contributed by atoms with Crippen LogP contribution in [0.3, 0.4) is 0 Å². The number of aliphatic carboxylic acids is 1. The van der Waals surface area contributed by atoms with Crippen molar-refractivity contribution in [1.29, 1.82) is 0 Å². The van der Waals surface area contributed by atoms with Crippen LogP contribution in [-0.4, -0.2) is 47.3 Å². The minimum Gasteiger partial charge on any atom is -0.481 e. The van der Waals surface area contributed by atoms with Crippen LogP contribution in [0.5, 0.6) is 0 Å². The van der Waals surface area contributed by atoms with Gasteiger partial charge < -0.3 is 20.3 Å². The number of allylic oxidation sites excluding steroid dienone is 2. The lowest BCUT2D eigenvalue weighted by Crippen LogP contribution is -2.65. The normalized spacial score (nSPS) is 42.2. The van der Waals surface area contributed by atoms with E-state index in [0.29, 0.717) is 18.3 Å². The van der Waals surface area contributed by atoms with E-state index in [1.54, 1.807) is 13.8 Å². The van der Waals surface area contributed by atoms with Crippen molar-refractivity contribution < 1.29 is 29.4 Å². The number of ketones is 1. The molecule has 5 aliphatic carbocycles. The Morgan fingerprint density at radius 1 is 0.952 bits per heavy atom. The van der Waals surface area contributed by atoms with Crippen LogP contribution in [0.15, 0.2) is 11.6 Å². The maximum atomic E-state index is 14.3. The smallest absolute Gasteiger partial charge is 0.306 e. The molecule has 0 spiro atoms. The van der Waals surface area contributed by atoms with E-state index < -0.39 is 11.4 Å². The lowest BCUT2D eigenvalue weighted by molar-refractivity contribution is -0.174. The molecule has 0 aromatic heterocycles. The third kappa shape index (κ3) is 5.20. The van der Waals surface area contributed by atoms with E-state index in [0.717, 1.165) is 64.8 Å². The van der Waals surface area contributed by atoms with Gasteiger partial charge in [-0.05, 0) is 103 Å². The molecule has 0 aliphatic heterocycles. The van der Waals surface area contributed by atoms with E-state index in [9.17, 15) is 24.3 Å². The first-order valence-corrected chi connectivity index (χ1v) is 16.2. The molecule has 0 radical (unpaired) electrons. The zero-order valence-corrected chi connectivity index (χ0v) is 27.2. The molecule has 9 atom stereocenters. The average Bonchev–Trinajstić information content (AvgIpc) is 2.90. The number of carboxylic acid groups (broad SMARTS) is 1. The average molecular weight is 586 g/mol. The van der Waals surface area contributed by atoms with E-state index in [4.69, 9.17) is 5.11 Å². The van der Waals surface area contributed by atoms with Gasteiger partial charge in [0.05, 0.1) is 5.92 Å². The molecule has 5 aliphatic rings. The summed E-state index contributed by atoms with van der Waals surface area (Å²) in [4.78, 5) is 50.6. The standard InChI is InChI=1S/C34H51NO5.CH4O/c1-30(2,19-36)18-27(38)35-26-11-15-34(7)25(31(26,3)4)10-14-33(6)22-9-13-32(5)12-8-20(29(39)40)16-23(32)21(22)17-24(37)28(33)34;1-2/h17,19-20,22-23,25-26,28H,8-16,18H2,1-7H3,(H,35,38)(H,39,40);2H,1H3. The first-order chi connectivity index (χ1) is 19.5. The number of carbonyl (C=O) groups is 4. The first-order valence-electron chi connectivity index (χ1n) is 16.2. The van der Waals surface area contributed by atoms with E-state index in [1.807, 2.05) is 6.08 Å². The summed E-state index contributed by atoms with van der Waals surface area (Å²) in [7, 11) is 1.00. The number of aldehydes is 1. The molecule has 4 saturated carbocycles. The van der Waals surface area contributed by atoms with E-state index >= 15 is 0 Å². The lowest BCUT2D eigenvalue weighted by atomic mass is 9.37. The SMILES string of the molecule is CC(C)(C=O)CC(=O)NC1CCC2(C)C(CCC3(C)C4CCC5(C)CCC(C(=O)O)CC5C4=CC(=O)C32)C1(C)C.CO. The van der Waals surface area contributed by atoms with Gasteiger partial charge in [-0.15, -0.1) is 0 Å². The summed E-state index contributed by atoms with van der Waals surface area (Å²) in [6.07, 6.45) is 11.3. The van der Waals surface area contributed by atoms with Crippen molar-refractivity contribution in [1.82, 2.24) is 5.32 Å². The van der Waals surface area contributed by atoms with Crippen molar-refractivity contribution in [3.63, 3.8) is 0 Å². The summed E-state index contributed by atoms with van der Waals surface area (Å²) < 4.78 is 0. The van der Waals surface area contributed by atoms with Gasteiger partial charge in [-0.2, -0.15) is 0 Å². The van der Waals surface area contributed by atoms with E-state index in [1.165, 1.54) is 5.57 Å². The fraction of sp³-hybridized carbons (Fsp3) is 0.829. The Kier molecular flexibility index (Phi) is 8.74. The highest BCUT2D eigenvalue weighted by Gasteiger charge is 2.66. The van der Waals surface area contributed by atoms with Gasteiger partial charge in [-0.25, -0.2) is 0 Å². The van der Waals surface area contributed by atoms with Crippen molar-refractivity contribution in [2.24, 2.45) is 56.7 Å². The number of carboxylic acids is 1. The molecule has 4 fully saturated rings. The molecule has 236 valence electrons. The van der Waals surface area contributed by atoms with Crippen LogP contribution >= 0.6 is 0 Å². The maximum Gasteiger partial charge on any atom is 0.306 e. The maximum absolute atomic E-state index is 14.3. The van der Waals surface area contributed by atoms with Gasteiger partial charge in [0.1, 0.15) is 6.29 Å². The van der Waals surface area contributed by atoms with Gasteiger partial charge in [0.15, 0.2) is 5.78 Å². The van der Waals surface area contributed by atoms with Gasteiger partial charge in [0, 0.05) is 30.9 Å². The summed E-state index contributed by atoms with van der Waals surface area (Å²) in [5.41, 5.74) is 0.225. The molecule has 0 heterocycles. The molecule has 5 rings (SSSR count). The van der Waals surface area contributed by atoms with Crippen LogP contribution < -0.4 is 5.32 Å². The molecule has 3 N–H and O–H groups in total. The van der Waals surface area contributed by atoms with Crippen molar-refractivity contribution in [2.75, 3.05) is 7.11 Å². The molecule has 42 heavy (non-hydrogen) atoms. The fourth-order valence-electron chi connectivity index (χ4n) is 10.9. The number of nitrogens with one attached hydrogen (secondary N) is 1. The van der Waals surface area contributed by atoms with Crippen LogP contribution in [0.2, 0.25) is 0 Å². The number of hydrogen-bond donors (Lipinski definition) is 3. The molecular weight excluding hydrogens is 530 g/mol. The molecule has 9 unspecified atom stereocenters. The number of fused-ring (bicyclic) bond motifs is 7. The number of carbonyl (C=O) groups excluding carboxylic acids is 3. The molecule has 7 heteroatoms. The Morgan fingerprint density at radius 2 is 1.57 bits per heavy atom. The predicted octanol–water partition coefficient (Wildman–Crippen LogP) is 5.98. The minimum absolute atomic E-state index is 0.0141.